The quantitative estimate of drug-likeness (QED) is 0.550. The van der Waals surface area contributed by atoms with Gasteiger partial charge in [0.25, 0.3) is 0 Å². The van der Waals surface area contributed by atoms with E-state index in [2.05, 4.69) is 24.3 Å². The zero-order valence-corrected chi connectivity index (χ0v) is 6.83. The Bertz CT molecular complexity index is 388. The van der Waals surface area contributed by atoms with Crippen LogP contribution in [0.4, 0.5) is 0 Å². The molecule has 0 bridgehead atoms. The van der Waals surface area contributed by atoms with Crippen molar-refractivity contribution in [2.45, 2.75) is 6.32 Å². The molecule has 0 aliphatic heterocycles. The van der Waals surface area contributed by atoms with Gasteiger partial charge in [-0.2, -0.15) is 0 Å². The van der Waals surface area contributed by atoms with Crippen LogP contribution in [0.25, 0.3) is 10.8 Å². The minimum atomic E-state index is 0.612. The van der Waals surface area contributed by atoms with Crippen molar-refractivity contribution in [2.24, 2.45) is 0 Å². The van der Waals surface area contributed by atoms with E-state index in [0.29, 0.717) is 6.32 Å². The van der Waals surface area contributed by atoms with Crippen LogP contribution in [0.5, 0.6) is 0 Å². The zero-order valence-electron chi connectivity index (χ0n) is 6.83. The highest BCUT2D eigenvalue weighted by Gasteiger charge is 1.95. The van der Waals surface area contributed by atoms with Gasteiger partial charge in [0.05, 0.1) is 7.85 Å². The summed E-state index contributed by atoms with van der Waals surface area (Å²) >= 11 is 0. The second-order valence-electron chi connectivity index (χ2n) is 2.84. The summed E-state index contributed by atoms with van der Waals surface area (Å²) in [6.07, 6.45) is 0.612. The number of benzene rings is 2. The molecule has 2 aromatic rings. The molecule has 0 saturated heterocycles. The summed E-state index contributed by atoms with van der Waals surface area (Å²) in [5, 5.41) is 2.53. The topological polar surface area (TPSA) is 0 Å². The number of rotatable bonds is 1. The second kappa shape index (κ2) is 3.02. The van der Waals surface area contributed by atoms with Gasteiger partial charge in [0.15, 0.2) is 0 Å². The van der Waals surface area contributed by atoms with E-state index >= 15 is 0 Å². The molecule has 0 aliphatic rings. The first-order valence-corrected chi connectivity index (χ1v) is 4.08. The molecule has 0 aliphatic carbocycles. The third-order valence-electron chi connectivity index (χ3n) is 2.10. The van der Waals surface area contributed by atoms with Gasteiger partial charge < -0.3 is 0 Å². The fraction of sp³-hybridized carbons (Fsp3) is 0.0909. The van der Waals surface area contributed by atoms with Gasteiger partial charge in [0.2, 0.25) is 0 Å². The van der Waals surface area contributed by atoms with Crippen LogP contribution in [0, 0.1) is 0 Å². The Morgan fingerprint density at radius 2 is 1.67 bits per heavy atom. The molecule has 2 aromatic carbocycles. The van der Waals surface area contributed by atoms with Crippen LogP contribution >= 0.6 is 0 Å². The highest BCUT2D eigenvalue weighted by Crippen LogP contribution is 2.17. The molecule has 0 aromatic heterocycles. The smallest absolute Gasteiger partial charge is 0.0637 e. The van der Waals surface area contributed by atoms with E-state index in [1.165, 1.54) is 16.3 Å². The molecule has 56 valence electrons. The summed E-state index contributed by atoms with van der Waals surface area (Å²) in [6.45, 7) is 0. The predicted octanol–water partition coefficient (Wildman–Crippen LogP) is 2.51. The fourth-order valence-corrected chi connectivity index (χ4v) is 1.47. The molecule has 1 heteroatoms. The standard InChI is InChI=1S/C11H9B/c12-8-10-6-3-5-9-4-1-2-7-11(9)10/h1-7H,8H2. The Balaban J connectivity index is 2.79. The number of fused-ring (bicyclic) bond motifs is 1. The van der Waals surface area contributed by atoms with E-state index in [1.807, 2.05) is 18.2 Å². The van der Waals surface area contributed by atoms with Gasteiger partial charge in [0.1, 0.15) is 0 Å². The van der Waals surface area contributed by atoms with E-state index < -0.39 is 0 Å². The molecule has 0 heterocycles. The first-order chi connectivity index (χ1) is 5.92. The van der Waals surface area contributed by atoms with Crippen molar-refractivity contribution >= 4 is 18.6 Å². The first kappa shape index (κ1) is 7.42. The molecule has 0 spiro atoms. The summed E-state index contributed by atoms with van der Waals surface area (Å²) in [6, 6.07) is 14.5. The maximum absolute atomic E-state index is 5.62. The van der Waals surface area contributed by atoms with Crippen molar-refractivity contribution in [1.29, 1.82) is 0 Å². The summed E-state index contributed by atoms with van der Waals surface area (Å²) in [5.74, 6) is 0. The van der Waals surface area contributed by atoms with Gasteiger partial charge in [0, 0.05) is 0 Å². The van der Waals surface area contributed by atoms with Gasteiger partial charge in [-0.25, -0.2) is 0 Å². The molecule has 0 nitrogen and oxygen atoms in total. The Labute approximate surface area is 73.6 Å². The molecule has 0 saturated carbocycles. The molecule has 0 amide bonds. The molecule has 2 radical (unpaired) electrons. The molecule has 0 fully saturated rings. The van der Waals surface area contributed by atoms with Crippen LogP contribution in [0.2, 0.25) is 0 Å². The SMILES string of the molecule is [B]Cc1cccc2ccccc12. The normalized spacial score (nSPS) is 10.3. The van der Waals surface area contributed by atoms with Crippen molar-refractivity contribution in [3.8, 4) is 0 Å². The Kier molecular flexibility index (Phi) is 1.87. The largest absolute Gasteiger partial charge is 0.0716 e. The van der Waals surface area contributed by atoms with Gasteiger partial charge in [-0.15, -0.1) is 0 Å². The van der Waals surface area contributed by atoms with E-state index in [-0.39, 0.29) is 0 Å². The Morgan fingerprint density at radius 3 is 2.50 bits per heavy atom. The van der Waals surface area contributed by atoms with Crippen molar-refractivity contribution in [3.05, 3.63) is 48.0 Å². The minimum Gasteiger partial charge on any atom is -0.0637 e. The van der Waals surface area contributed by atoms with E-state index in [4.69, 9.17) is 7.85 Å². The summed E-state index contributed by atoms with van der Waals surface area (Å²) in [4.78, 5) is 0. The van der Waals surface area contributed by atoms with Crippen LogP contribution in [-0.2, 0) is 6.32 Å². The average molecular weight is 152 g/mol. The maximum Gasteiger partial charge on any atom is 0.0716 e. The third kappa shape index (κ3) is 1.12. The minimum absolute atomic E-state index is 0.612. The van der Waals surface area contributed by atoms with Gasteiger partial charge >= 0.3 is 0 Å². The van der Waals surface area contributed by atoms with E-state index in [0.717, 1.165) is 0 Å². The fourth-order valence-electron chi connectivity index (χ4n) is 1.47. The molecule has 0 unspecified atom stereocenters. The molecule has 0 atom stereocenters. The van der Waals surface area contributed by atoms with Crippen LogP contribution in [-0.4, -0.2) is 7.85 Å². The first-order valence-electron chi connectivity index (χ1n) is 4.08. The Hall–Kier alpha value is -1.24. The number of hydrogen-bond acceptors (Lipinski definition) is 0. The summed E-state index contributed by atoms with van der Waals surface area (Å²) in [5.41, 5.74) is 1.22. The Morgan fingerprint density at radius 1 is 0.917 bits per heavy atom. The van der Waals surface area contributed by atoms with Crippen LogP contribution < -0.4 is 0 Å². The van der Waals surface area contributed by atoms with Crippen molar-refractivity contribution in [2.75, 3.05) is 0 Å². The predicted molar refractivity (Wildman–Crippen MR) is 53.4 cm³/mol. The van der Waals surface area contributed by atoms with Crippen molar-refractivity contribution in [3.63, 3.8) is 0 Å². The molecular weight excluding hydrogens is 143 g/mol. The molecule has 0 N–H and O–H groups in total. The molecular formula is C11H9B. The highest BCUT2D eigenvalue weighted by molar-refractivity contribution is 6.09. The zero-order chi connectivity index (χ0) is 8.39. The highest BCUT2D eigenvalue weighted by atomic mass is 14.0. The summed E-state index contributed by atoms with van der Waals surface area (Å²) < 4.78 is 0. The summed E-state index contributed by atoms with van der Waals surface area (Å²) in [7, 11) is 5.62. The van der Waals surface area contributed by atoms with E-state index in [1.54, 1.807) is 0 Å². The lowest BCUT2D eigenvalue weighted by Crippen LogP contribution is -1.84. The second-order valence-corrected chi connectivity index (χ2v) is 2.84. The maximum atomic E-state index is 5.62. The van der Waals surface area contributed by atoms with Crippen LogP contribution in [0.1, 0.15) is 5.56 Å². The van der Waals surface area contributed by atoms with Crippen molar-refractivity contribution < 1.29 is 0 Å². The molecule has 2 rings (SSSR count). The van der Waals surface area contributed by atoms with Crippen molar-refractivity contribution in [1.82, 2.24) is 0 Å². The van der Waals surface area contributed by atoms with Gasteiger partial charge in [-0.3, -0.25) is 0 Å². The molecule has 12 heavy (non-hydrogen) atoms. The third-order valence-corrected chi connectivity index (χ3v) is 2.10. The van der Waals surface area contributed by atoms with Gasteiger partial charge in [-0.1, -0.05) is 48.8 Å². The monoisotopic (exact) mass is 152 g/mol. The van der Waals surface area contributed by atoms with Gasteiger partial charge in [-0.05, 0) is 16.3 Å². The average Bonchev–Trinajstić information content (AvgIpc) is 2.17. The van der Waals surface area contributed by atoms with Crippen LogP contribution in [0.15, 0.2) is 42.5 Å². The number of hydrogen-bond donors (Lipinski definition) is 0. The lowest BCUT2D eigenvalue weighted by atomic mass is 9.92. The lowest BCUT2D eigenvalue weighted by Gasteiger charge is -2.02. The lowest BCUT2D eigenvalue weighted by molar-refractivity contribution is 1.45. The van der Waals surface area contributed by atoms with Crippen LogP contribution in [0.3, 0.4) is 0 Å². The van der Waals surface area contributed by atoms with E-state index in [9.17, 15) is 0 Å².